The molecule has 0 aliphatic rings. The van der Waals surface area contributed by atoms with E-state index in [0.29, 0.717) is 6.42 Å². The SMILES string of the molecule is CCCCCCCCCCCCCCCCC/C=C/[C@@H](O)[C@H](COP(=O)(O)OCCN)NC(=O)CCCCCCCCCCCCCCCCCCCCCCCCCCCCCC. The molecule has 0 rings (SSSR count). The summed E-state index contributed by atoms with van der Waals surface area (Å²) < 4.78 is 22.3. The first-order valence-corrected chi connectivity index (χ1v) is 29.8. The number of rotatable bonds is 54. The number of aliphatic hydroxyl groups excluding tert-OH is 1. The van der Waals surface area contributed by atoms with Crippen LogP contribution in [0.5, 0.6) is 0 Å². The van der Waals surface area contributed by atoms with Gasteiger partial charge in [0.15, 0.2) is 0 Å². The van der Waals surface area contributed by atoms with Gasteiger partial charge in [-0.3, -0.25) is 13.8 Å². The first kappa shape index (κ1) is 63.2. The van der Waals surface area contributed by atoms with Gasteiger partial charge in [0.25, 0.3) is 0 Å². The van der Waals surface area contributed by atoms with Crippen molar-refractivity contribution in [2.24, 2.45) is 5.73 Å². The molecule has 5 N–H and O–H groups in total. The summed E-state index contributed by atoms with van der Waals surface area (Å²) in [5.41, 5.74) is 5.40. The molecule has 0 aromatic rings. The summed E-state index contributed by atoms with van der Waals surface area (Å²) in [4.78, 5) is 22.9. The van der Waals surface area contributed by atoms with Gasteiger partial charge < -0.3 is 21.1 Å². The van der Waals surface area contributed by atoms with Crippen LogP contribution in [-0.4, -0.2) is 47.8 Å². The van der Waals surface area contributed by atoms with Crippen LogP contribution in [-0.2, 0) is 18.4 Å². The molecule has 0 aliphatic carbocycles. The molecule has 64 heavy (non-hydrogen) atoms. The zero-order chi connectivity index (χ0) is 46.7. The third-order valence-corrected chi connectivity index (χ3v) is 14.1. The van der Waals surface area contributed by atoms with Crippen LogP contribution in [0.4, 0.5) is 0 Å². The Bertz CT molecular complexity index is 1020. The van der Waals surface area contributed by atoms with Crippen molar-refractivity contribution in [3.63, 3.8) is 0 Å². The normalized spacial score (nSPS) is 13.8. The summed E-state index contributed by atoms with van der Waals surface area (Å²) in [7, 11) is -4.34. The Morgan fingerprint density at radius 3 is 1.11 bits per heavy atom. The van der Waals surface area contributed by atoms with Crippen LogP contribution in [0.25, 0.3) is 0 Å². The van der Waals surface area contributed by atoms with Crippen LogP contribution < -0.4 is 11.1 Å². The number of carbonyl (C=O) groups excluding carboxylic acids is 1. The Kier molecular flexibility index (Phi) is 51.0. The van der Waals surface area contributed by atoms with Crippen LogP contribution in [0.2, 0.25) is 0 Å². The molecule has 0 fully saturated rings. The predicted octanol–water partition coefficient (Wildman–Crippen LogP) is 17.1. The number of hydrogen-bond acceptors (Lipinski definition) is 6. The van der Waals surface area contributed by atoms with Gasteiger partial charge in [-0.2, -0.15) is 0 Å². The van der Waals surface area contributed by atoms with Crippen molar-refractivity contribution in [1.29, 1.82) is 0 Å². The smallest absolute Gasteiger partial charge is 0.387 e. The number of phosphoric acid groups is 1. The molecule has 0 bridgehead atoms. The minimum atomic E-state index is -4.34. The van der Waals surface area contributed by atoms with E-state index in [4.69, 9.17) is 14.8 Å². The number of unbranched alkanes of at least 4 members (excludes halogenated alkanes) is 42. The molecule has 0 saturated heterocycles. The summed E-state index contributed by atoms with van der Waals surface area (Å²) in [5, 5.41) is 13.8. The summed E-state index contributed by atoms with van der Waals surface area (Å²) in [6.45, 7) is 4.19. The second-order valence-electron chi connectivity index (χ2n) is 19.5. The van der Waals surface area contributed by atoms with E-state index < -0.39 is 20.0 Å². The molecule has 0 aromatic heterocycles. The summed E-state index contributed by atoms with van der Waals surface area (Å²) in [6.07, 6.45) is 61.6. The zero-order valence-corrected chi connectivity index (χ0v) is 43.7. The number of hydrogen-bond donors (Lipinski definition) is 4. The van der Waals surface area contributed by atoms with E-state index in [-0.39, 0.29) is 25.7 Å². The fourth-order valence-corrected chi connectivity index (χ4v) is 9.60. The van der Waals surface area contributed by atoms with Crippen molar-refractivity contribution in [3.05, 3.63) is 12.2 Å². The Hall–Kier alpha value is -0.760. The number of aliphatic hydroxyl groups is 1. The van der Waals surface area contributed by atoms with Gasteiger partial charge in [-0.05, 0) is 19.3 Å². The number of nitrogens with one attached hydrogen (secondary N) is 1. The van der Waals surface area contributed by atoms with Crippen LogP contribution in [0.3, 0.4) is 0 Å². The Labute approximate surface area is 398 Å². The van der Waals surface area contributed by atoms with Crippen LogP contribution in [0.15, 0.2) is 12.2 Å². The standard InChI is InChI=1S/C55H111N2O6P/c1-3-5-7-9-11-13-15-17-19-21-22-23-24-25-26-27-28-29-30-31-33-35-37-39-41-43-45-47-49-55(59)57-53(52-63-64(60,61)62-51-50-56)54(58)48-46-44-42-40-38-36-34-32-20-18-16-14-12-10-8-6-4-2/h46,48,53-54,58H,3-45,47,49-52,56H2,1-2H3,(H,57,59)(H,60,61)/b48-46+/t53-,54+/m0/s1. The fourth-order valence-electron chi connectivity index (χ4n) is 8.84. The highest BCUT2D eigenvalue weighted by atomic mass is 31.2. The van der Waals surface area contributed by atoms with E-state index in [1.165, 1.54) is 244 Å². The number of nitrogens with two attached hydrogens (primary N) is 1. The van der Waals surface area contributed by atoms with E-state index in [0.717, 1.165) is 38.5 Å². The minimum Gasteiger partial charge on any atom is -0.387 e. The molecule has 3 atom stereocenters. The van der Waals surface area contributed by atoms with Crippen molar-refractivity contribution in [2.45, 2.75) is 315 Å². The molecule has 9 heteroatoms. The lowest BCUT2D eigenvalue weighted by Gasteiger charge is -2.23. The second-order valence-corrected chi connectivity index (χ2v) is 21.0. The van der Waals surface area contributed by atoms with E-state index in [9.17, 15) is 19.4 Å². The lowest BCUT2D eigenvalue weighted by Crippen LogP contribution is -2.45. The van der Waals surface area contributed by atoms with Crippen molar-refractivity contribution < 1.29 is 28.4 Å². The second kappa shape index (κ2) is 51.6. The molecule has 0 aliphatic heterocycles. The minimum absolute atomic E-state index is 0.0818. The highest BCUT2D eigenvalue weighted by molar-refractivity contribution is 7.47. The van der Waals surface area contributed by atoms with Gasteiger partial charge in [-0.1, -0.05) is 289 Å². The van der Waals surface area contributed by atoms with E-state index in [2.05, 4.69) is 19.2 Å². The van der Waals surface area contributed by atoms with Gasteiger partial charge in [0.2, 0.25) is 5.91 Å². The highest BCUT2D eigenvalue weighted by Gasteiger charge is 2.27. The largest absolute Gasteiger partial charge is 0.472 e. The third-order valence-electron chi connectivity index (χ3n) is 13.1. The first-order chi connectivity index (χ1) is 31.4. The van der Waals surface area contributed by atoms with Crippen molar-refractivity contribution in [3.8, 4) is 0 Å². The fraction of sp³-hybridized carbons (Fsp3) is 0.945. The quantitative estimate of drug-likeness (QED) is 0.0271. The molecule has 0 radical (unpaired) electrons. The van der Waals surface area contributed by atoms with Crippen LogP contribution >= 0.6 is 7.82 Å². The molecular formula is C55H111N2O6P. The van der Waals surface area contributed by atoms with Crippen molar-refractivity contribution >= 4 is 13.7 Å². The van der Waals surface area contributed by atoms with E-state index in [1.54, 1.807) is 6.08 Å². The maximum atomic E-state index is 12.9. The number of amides is 1. The van der Waals surface area contributed by atoms with E-state index >= 15 is 0 Å². The van der Waals surface area contributed by atoms with Gasteiger partial charge in [0.05, 0.1) is 25.4 Å². The number of phosphoric ester groups is 1. The first-order valence-electron chi connectivity index (χ1n) is 28.3. The van der Waals surface area contributed by atoms with Crippen molar-refractivity contribution in [2.75, 3.05) is 19.8 Å². The topological polar surface area (TPSA) is 131 Å². The zero-order valence-electron chi connectivity index (χ0n) is 42.8. The average Bonchev–Trinajstić information content (AvgIpc) is 3.29. The average molecular weight is 927 g/mol. The molecule has 0 heterocycles. The predicted molar refractivity (Wildman–Crippen MR) is 277 cm³/mol. The summed E-state index contributed by atoms with van der Waals surface area (Å²) >= 11 is 0. The van der Waals surface area contributed by atoms with Gasteiger partial charge in [-0.15, -0.1) is 0 Å². The molecule has 0 spiro atoms. The maximum absolute atomic E-state index is 12.9. The monoisotopic (exact) mass is 927 g/mol. The van der Waals surface area contributed by atoms with Crippen molar-refractivity contribution in [1.82, 2.24) is 5.32 Å². The summed E-state index contributed by atoms with van der Waals surface area (Å²) in [6, 6.07) is -0.856. The summed E-state index contributed by atoms with van der Waals surface area (Å²) in [5.74, 6) is -0.186. The molecular weight excluding hydrogens is 816 g/mol. The molecule has 0 aromatic carbocycles. The number of carbonyl (C=O) groups is 1. The molecule has 8 nitrogen and oxygen atoms in total. The Morgan fingerprint density at radius 1 is 0.500 bits per heavy atom. The van der Waals surface area contributed by atoms with Gasteiger partial charge >= 0.3 is 7.82 Å². The Morgan fingerprint density at radius 2 is 0.797 bits per heavy atom. The van der Waals surface area contributed by atoms with Gasteiger partial charge in [0, 0.05) is 13.0 Å². The van der Waals surface area contributed by atoms with Crippen LogP contribution in [0.1, 0.15) is 303 Å². The Balaban J connectivity index is 3.92. The van der Waals surface area contributed by atoms with Gasteiger partial charge in [0.1, 0.15) is 0 Å². The molecule has 1 unspecified atom stereocenters. The molecule has 1 amide bonds. The van der Waals surface area contributed by atoms with E-state index in [1.807, 2.05) is 6.08 Å². The lowest BCUT2D eigenvalue weighted by atomic mass is 10.0. The highest BCUT2D eigenvalue weighted by Crippen LogP contribution is 2.43. The molecule has 382 valence electrons. The lowest BCUT2D eigenvalue weighted by molar-refractivity contribution is -0.123. The van der Waals surface area contributed by atoms with Gasteiger partial charge in [-0.25, -0.2) is 4.57 Å². The maximum Gasteiger partial charge on any atom is 0.472 e. The third kappa shape index (κ3) is 49.2. The van der Waals surface area contributed by atoms with Crippen LogP contribution in [0, 0.1) is 0 Å². The molecule has 0 saturated carbocycles. The number of allylic oxidation sites excluding steroid dienone is 1.